The molecule has 2 aromatic rings. The van der Waals surface area contributed by atoms with Crippen molar-refractivity contribution in [3.63, 3.8) is 0 Å². The summed E-state index contributed by atoms with van der Waals surface area (Å²) in [6.07, 6.45) is 1.99. The molecule has 0 heterocycles. The Labute approximate surface area is 113 Å². The van der Waals surface area contributed by atoms with Gasteiger partial charge in [-0.1, -0.05) is 60.7 Å². The van der Waals surface area contributed by atoms with Gasteiger partial charge in [0.1, 0.15) is 0 Å². The van der Waals surface area contributed by atoms with E-state index in [0.29, 0.717) is 6.42 Å². The van der Waals surface area contributed by atoms with Crippen LogP contribution in [0.3, 0.4) is 0 Å². The molecule has 19 heavy (non-hydrogen) atoms. The van der Waals surface area contributed by atoms with Gasteiger partial charge in [-0.15, -0.1) is 0 Å². The van der Waals surface area contributed by atoms with Gasteiger partial charge in [0.05, 0.1) is 5.41 Å². The molecule has 1 aliphatic rings. The highest BCUT2D eigenvalue weighted by Crippen LogP contribution is 2.51. The molecular formula is C17H18O2. The molecule has 0 spiro atoms. The van der Waals surface area contributed by atoms with Crippen LogP contribution >= 0.6 is 0 Å². The van der Waals surface area contributed by atoms with Gasteiger partial charge >= 0.3 is 0 Å². The summed E-state index contributed by atoms with van der Waals surface area (Å²) in [5, 5.41) is 21.1. The van der Waals surface area contributed by atoms with Crippen LogP contribution in [0.1, 0.15) is 30.4 Å². The minimum absolute atomic E-state index is 0.413. The summed E-state index contributed by atoms with van der Waals surface area (Å²) < 4.78 is 0. The first-order chi connectivity index (χ1) is 9.17. The van der Waals surface area contributed by atoms with E-state index in [9.17, 15) is 10.2 Å². The Morgan fingerprint density at radius 3 is 1.53 bits per heavy atom. The van der Waals surface area contributed by atoms with Gasteiger partial charge in [-0.2, -0.15) is 0 Å². The summed E-state index contributed by atoms with van der Waals surface area (Å²) in [7, 11) is 0. The lowest BCUT2D eigenvalue weighted by molar-refractivity contribution is -0.188. The van der Waals surface area contributed by atoms with Gasteiger partial charge in [0.25, 0.3) is 0 Å². The molecule has 0 amide bonds. The zero-order valence-corrected chi connectivity index (χ0v) is 10.8. The highest BCUT2D eigenvalue weighted by molar-refractivity contribution is 5.43. The number of hydrogen-bond acceptors (Lipinski definition) is 2. The third-order valence-electron chi connectivity index (χ3n) is 4.29. The Hall–Kier alpha value is -1.64. The van der Waals surface area contributed by atoms with Crippen molar-refractivity contribution in [2.24, 2.45) is 0 Å². The first-order valence-electron chi connectivity index (χ1n) is 6.73. The molecule has 2 aromatic carbocycles. The molecule has 3 rings (SSSR count). The third kappa shape index (κ3) is 1.79. The molecule has 1 aliphatic carbocycles. The molecule has 0 bridgehead atoms. The van der Waals surface area contributed by atoms with Gasteiger partial charge in [-0.05, 0) is 24.0 Å². The summed E-state index contributed by atoms with van der Waals surface area (Å²) in [6, 6.07) is 19.7. The normalized spacial score (nSPS) is 20.3. The van der Waals surface area contributed by atoms with Crippen molar-refractivity contribution in [1.29, 1.82) is 0 Å². The van der Waals surface area contributed by atoms with Crippen molar-refractivity contribution in [3.05, 3.63) is 71.8 Å². The molecule has 2 N–H and O–H groups in total. The van der Waals surface area contributed by atoms with Crippen LogP contribution in [0.2, 0.25) is 0 Å². The number of rotatable bonds is 2. The molecule has 0 aliphatic heterocycles. The van der Waals surface area contributed by atoms with Crippen LogP contribution in [0.25, 0.3) is 0 Å². The second kappa shape index (κ2) is 4.48. The predicted molar refractivity (Wildman–Crippen MR) is 74.7 cm³/mol. The number of benzene rings is 2. The average Bonchev–Trinajstić information content (AvgIpc) is 2.77. The fourth-order valence-corrected chi connectivity index (χ4v) is 3.38. The van der Waals surface area contributed by atoms with Crippen molar-refractivity contribution in [2.45, 2.75) is 30.5 Å². The highest BCUT2D eigenvalue weighted by Gasteiger charge is 2.55. The van der Waals surface area contributed by atoms with E-state index in [-0.39, 0.29) is 0 Å². The van der Waals surface area contributed by atoms with E-state index in [4.69, 9.17) is 0 Å². The molecule has 0 aromatic heterocycles. The van der Waals surface area contributed by atoms with Crippen molar-refractivity contribution in [3.8, 4) is 0 Å². The Kier molecular flexibility index (Phi) is 2.92. The quantitative estimate of drug-likeness (QED) is 0.809. The molecule has 1 saturated carbocycles. The monoisotopic (exact) mass is 254 g/mol. The molecular weight excluding hydrogens is 236 g/mol. The van der Waals surface area contributed by atoms with E-state index < -0.39 is 11.2 Å². The Morgan fingerprint density at radius 1 is 0.684 bits per heavy atom. The summed E-state index contributed by atoms with van der Waals surface area (Å²) >= 11 is 0. The van der Waals surface area contributed by atoms with E-state index in [0.717, 1.165) is 24.0 Å². The minimum atomic E-state index is -1.68. The first-order valence-corrected chi connectivity index (χ1v) is 6.73. The van der Waals surface area contributed by atoms with Gasteiger partial charge in [0.2, 0.25) is 0 Å². The summed E-state index contributed by atoms with van der Waals surface area (Å²) in [6.45, 7) is 0. The van der Waals surface area contributed by atoms with Crippen LogP contribution in [0.15, 0.2) is 60.7 Å². The maximum absolute atomic E-state index is 10.6. The fourth-order valence-electron chi connectivity index (χ4n) is 3.38. The Balaban J connectivity index is 2.23. The van der Waals surface area contributed by atoms with Crippen molar-refractivity contribution >= 4 is 0 Å². The standard InChI is InChI=1S/C17H18O2/c18-17(19)13-7-12-16(17,14-8-3-1-4-9-14)15-10-5-2-6-11-15/h1-6,8-11,18-19H,7,12-13H2. The number of aliphatic hydroxyl groups is 2. The van der Waals surface area contributed by atoms with Gasteiger partial charge < -0.3 is 10.2 Å². The van der Waals surface area contributed by atoms with E-state index in [1.807, 2.05) is 60.7 Å². The smallest absolute Gasteiger partial charge is 0.176 e. The molecule has 2 heteroatoms. The fraction of sp³-hybridized carbons (Fsp3) is 0.294. The summed E-state index contributed by atoms with van der Waals surface area (Å²) in [5.41, 5.74) is 1.24. The average molecular weight is 254 g/mol. The molecule has 0 unspecified atom stereocenters. The highest BCUT2D eigenvalue weighted by atomic mass is 16.5. The zero-order chi connectivity index (χ0) is 13.3. The molecule has 2 nitrogen and oxygen atoms in total. The maximum atomic E-state index is 10.6. The summed E-state index contributed by atoms with van der Waals surface area (Å²) in [4.78, 5) is 0. The lowest BCUT2D eigenvalue weighted by atomic mass is 9.70. The first kappa shape index (κ1) is 12.4. The molecule has 0 saturated heterocycles. The second-order valence-corrected chi connectivity index (χ2v) is 5.31. The van der Waals surface area contributed by atoms with E-state index in [2.05, 4.69) is 0 Å². The summed E-state index contributed by atoms with van der Waals surface area (Å²) in [5.74, 6) is -1.68. The van der Waals surface area contributed by atoms with Crippen molar-refractivity contribution < 1.29 is 10.2 Å². The molecule has 1 fully saturated rings. The third-order valence-corrected chi connectivity index (χ3v) is 4.29. The Morgan fingerprint density at radius 2 is 1.16 bits per heavy atom. The van der Waals surface area contributed by atoms with Crippen molar-refractivity contribution in [1.82, 2.24) is 0 Å². The lowest BCUT2D eigenvalue weighted by Gasteiger charge is -2.39. The van der Waals surface area contributed by atoms with E-state index in [1.165, 1.54) is 0 Å². The second-order valence-electron chi connectivity index (χ2n) is 5.31. The number of hydrogen-bond donors (Lipinski definition) is 2. The van der Waals surface area contributed by atoms with Gasteiger partial charge in [0.15, 0.2) is 5.79 Å². The van der Waals surface area contributed by atoms with E-state index in [1.54, 1.807) is 0 Å². The van der Waals surface area contributed by atoms with Crippen LogP contribution in [0, 0.1) is 0 Å². The molecule has 0 radical (unpaired) electrons. The van der Waals surface area contributed by atoms with Gasteiger partial charge in [-0.25, -0.2) is 0 Å². The maximum Gasteiger partial charge on any atom is 0.176 e. The van der Waals surface area contributed by atoms with Gasteiger partial charge in [0, 0.05) is 6.42 Å². The van der Waals surface area contributed by atoms with Crippen LogP contribution in [0.5, 0.6) is 0 Å². The SMILES string of the molecule is OC1(O)CCCC1(c1ccccc1)c1ccccc1. The van der Waals surface area contributed by atoms with Gasteiger partial charge in [-0.3, -0.25) is 0 Å². The Bertz CT molecular complexity index is 506. The molecule has 98 valence electrons. The lowest BCUT2D eigenvalue weighted by Crippen LogP contribution is -2.48. The van der Waals surface area contributed by atoms with E-state index >= 15 is 0 Å². The molecule has 0 atom stereocenters. The minimum Gasteiger partial charge on any atom is -0.365 e. The zero-order valence-electron chi connectivity index (χ0n) is 10.8. The topological polar surface area (TPSA) is 40.5 Å². The largest absolute Gasteiger partial charge is 0.365 e. The van der Waals surface area contributed by atoms with Crippen LogP contribution in [-0.2, 0) is 5.41 Å². The van der Waals surface area contributed by atoms with Crippen LogP contribution in [0.4, 0.5) is 0 Å². The van der Waals surface area contributed by atoms with Crippen molar-refractivity contribution in [2.75, 3.05) is 0 Å². The predicted octanol–water partition coefficient (Wildman–Crippen LogP) is 2.84. The van der Waals surface area contributed by atoms with Crippen LogP contribution < -0.4 is 0 Å². The van der Waals surface area contributed by atoms with Crippen LogP contribution in [-0.4, -0.2) is 16.0 Å².